The van der Waals surface area contributed by atoms with Gasteiger partial charge in [0.2, 0.25) is 5.76 Å². The monoisotopic (exact) mass is 772 g/mol. The summed E-state index contributed by atoms with van der Waals surface area (Å²) < 4.78 is 16.9. The summed E-state index contributed by atoms with van der Waals surface area (Å²) in [6.45, 7) is 10.1. The molecule has 3 aliphatic rings. The highest BCUT2D eigenvalue weighted by molar-refractivity contribution is 6.03. The number of hydrogen-bond acceptors (Lipinski definition) is 12. The van der Waals surface area contributed by atoms with Crippen LogP contribution in [0.25, 0.3) is 21.9 Å². The molecule has 55 heavy (non-hydrogen) atoms. The predicted octanol–water partition coefficient (Wildman–Crippen LogP) is 4.30. The summed E-state index contributed by atoms with van der Waals surface area (Å²) in [5.41, 5.74) is 3.62. The molecular weight excluding hydrogens is 728 g/mol. The van der Waals surface area contributed by atoms with E-state index in [2.05, 4.69) is 43.9 Å². The molecule has 290 valence electrons. The zero-order valence-electron chi connectivity index (χ0n) is 30.9. The number of aromatic carboxylic acids is 1. The highest BCUT2D eigenvalue weighted by Gasteiger charge is 2.22. The van der Waals surface area contributed by atoms with Gasteiger partial charge in [0.05, 0.1) is 35.4 Å². The van der Waals surface area contributed by atoms with Crippen LogP contribution >= 0.6 is 12.4 Å². The number of carboxylic acid groups (broad SMARTS) is 1. The summed E-state index contributed by atoms with van der Waals surface area (Å²) >= 11 is 0. The SMILES string of the molecule is CN1CCN(c2cccc3c(=O)cc(C(=O)Nc4ccc(N5CCOCC5)cc4)oc23)CC1.CN1CCN(c2cccc3c(=O)cc(C(=O)O)oc23)CC1.Cl. The van der Waals surface area contributed by atoms with Crippen LogP contribution in [0.15, 0.2) is 91.2 Å². The van der Waals surface area contributed by atoms with Gasteiger partial charge in [-0.3, -0.25) is 14.4 Å². The van der Waals surface area contributed by atoms with Crippen molar-refractivity contribution in [1.82, 2.24) is 9.80 Å². The predicted molar refractivity (Wildman–Crippen MR) is 216 cm³/mol. The van der Waals surface area contributed by atoms with Gasteiger partial charge in [0.15, 0.2) is 27.8 Å². The lowest BCUT2D eigenvalue weighted by atomic mass is 10.1. The van der Waals surface area contributed by atoms with Crippen LogP contribution in [-0.4, -0.2) is 120 Å². The van der Waals surface area contributed by atoms with Crippen LogP contribution in [0.2, 0.25) is 0 Å². The van der Waals surface area contributed by atoms with Gasteiger partial charge in [0.1, 0.15) is 0 Å². The molecule has 0 radical (unpaired) electrons. The number of likely N-dealkylation sites (N-methyl/N-ethyl adjacent to an activating group) is 2. The van der Waals surface area contributed by atoms with Crippen LogP contribution in [0.1, 0.15) is 21.1 Å². The summed E-state index contributed by atoms with van der Waals surface area (Å²) in [7, 11) is 4.15. The zero-order chi connectivity index (χ0) is 37.8. The number of carbonyl (C=O) groups is 2. The molecule has 3 fully saturated rings. The molecule has 14 nitrogen and oxygen atoms in total. The summed E-state index contributed by atoms with van der Waals surface area (Å²) in [5.74, 6) is -2.00. The van der Waals surface area contributed by atoms with Crippen molar-refractivity contribution in [3.05, 3.63) is 105 Å². The average molecular weight is 773 g/mol. The van der Waals surface area contributed by atoms with E-state index < -0.39 is 11.9 Å². The molecule has 0 unspecified atom stereocenters. The third kappa shape index (κ3) is 8.94. The number of carbonyl (C=O) groups excluding carboxylic acids is 1. The number of benzene rings is 3. The number of carboxylic acids is 1. The molecule has 3 aromatic carbocycles. The number of rotatable bonds is 6. The minimum Gasteiger partial charge on any atom is -0.475 e. The molecule has 0 spiro atoms. The Hall–Kier alpha value is -5.41. The molecule has 15 heteroatoms. The molecule has 5 heterocycles. The van der Waals surface area contributed by atoms with Gasteiger partial charge in [-0.2, -0.15) is 0 Å². The van der Waals surface area contributed by atoms with E-state index in [-0.39, 0.29) is 34.8 Å². The van der Waals surface area contributed by atoms with E-state index in [9.17, 15) is 19.2 Å². The maximum absolute atomic E-state index is 12.9. The van der Waals surface area contributed by atoms with Crippen LogP contribution in [0.5, 0.6) is 0 Å². The Morgan fingerprint density at radius 3 is 1.58 bits per heavy atom. The largest absolute Gasteiger partial charge is 0.475 e. The Morgan fingerprint density at radius 1 is 0.618 bits per heavy atom. The molecule has 0 atom stereocenters. The third-order valence-corrected chi connectivity index (χ3v) is 10.1. The first-order valence-electron chi connectivity index (χ1n) is 18.1. The first-order chi connectivity index (χ1) is 26.1. The second kappa shape index (κ2) is 17.4. The van der Waals surface area contributed by atoms with Crippen LogP contribution in [0.4, 0.5) is 22.7 Å². The van der Waals surface area contributed by atoms with E-state index in [1.165, 1.54) is 6.07 Å². The number of halogens is 1. The number of morpholine rings is 1. The highest BCUT2D eigenvalue weighted by atomic mass is 35.5. The Morgan fingerprint density at radius 2 is 1.09 bits per heavy atom. The molecule has 2 aromatic heterocycles. The fourth-order valence-corrected chi connectivity index (χ4v) is 6.90. The number of piperazine rings is 2. The zero-order valence-corrected chi connectivity index (χ0v) is 31.7. The minimum absolute atomic E-state index is 0. The molecule has 0 saturated carbocycles. The van der Waals surface area contributed by atoms with Crippen molar-refractivity contribution in [2.24, 2.45) is 0 Å². The maximum atomic E-state index is 12.9. The van der Waals surface area contributed by atoms with E-state index >= 15 is 0 Å². The van der Waals surface area contributed by atoms with Crippen molar-refractivity contribution >= 4 is 69.0 Å². The van der Waals surface area contributed by atoms with E-state index in [1.807, 2.05) is 42.5 Å². The van der Waals surface area contributed by atoms with Gasteiger partial charge in [-0.15, -0.1) is 12.4 Å². The highest BCUT2D eigenvalue weighted by Crippen LogP contribution is 2.29. The molecule has 1 amide bonds. The van der Waals surface area contributed by atoms with Crippen molar-refractivity contribution in [1.29, 1.82) is 0 Å². The van der Waals surface area contributed by atoms with E-state index in [0.717, 1.165) is 102 Å². The topological polar surface area (TPSA) is 152 Å². The molecule has 2 N–H and O–H groups in total. The first kappa shape index (κ1) is 39.3. The van der Waals surface area contributed by atoms with E-state index in [4.69, 9.17) is 18.7 Å². The van der Waals surface area contributed by atoms with Gasteiger partial charge in [0, 0.05) is 89.0 Å². The summed E-state index contributed by atoms with van der Waals surface area (Å²) in [6.07, 6.45) is 0. The van der Waals surface area contributed by atoms with Crippen LogP contribution in [0.3, 0.4) is 0 Å². The molecule has 3 aliphatic heterocycles. The molecular formula is C40H45ClN6O8. The number of hydrogen-bond donors (Lipinski definition) is 2. The lowest BCUT2D eigenvalue weighted by Gasteiger charge is -2.34. The number of amides is 1. The van der Waals surface area contributed by atoms with Gasteiger partial charge < -0.3 is 48.5 Å². The fraction of sp³-hybridized carbons (Fsp3) is 0.350. The Kier molecular flexibility index (Phi) is 12.4. The van der Waals surface area contributed by atoms with Gasteiger partial charge in [0.25, 0.3) is 5.91 Å². The normalized spacial score (nSPS) is 16.7. The van der Waals surface area contributed by atoms with Crippen molar-refractivity contribution in [3.63, 3.8) is 0 Å². The molecule has 8 rings (SSSR count). The summed E-state index contributed by atoms with van der Waals surface area (Å²) in [4.78, 5) is 59.9. The number of nitrogens with one attached hydrogen (secondary N) is 1. The number of fused-ring (bicyclic) bond motifs is 2. The van der Waals surface area contributed by atoms with Gasteiger partial charge >= 0.3 is 5.97 Å². The quantitative estimate of drug-likeness (QED) is 0.253. The Bertz CT molecular complexity index is 2260. The molecule has 0 bridgehead atoms. The number of nitrogens with zero attached hydrogens (tertiary/aromatic N) is 5. The second-order valence-electron chi connectivity index (χ2n) is 13.7. The van der Waals surface area contributed by atoms with Gasteiger partial charge in [-0.05, 0) is 62.6 Å². The van der Waals surface area contributed by atoms with Crippen LogP contribution in [0, 0.1) is 0 Å². The lowest BCUT2D eigenvalue weighted by Crippen LogP contribution is -2.44. The first-order valence-corrected chi connectivity index (χ1v) is 18.1. The van der Waals surface area contributed by atoms with Gasteiger partial charge in [-0.1, -0.05) is 12.1 Å². The van der Waals surface area contributed by atoms with Crippen molar-refractivity contribution in [3.8, 4) is 0 Å². The standard InChI is InChI=1S/C25H28N4O4.C15H16N2O4.ClH/c1-27-9-11-29(12-10-27)21-4-2-3-20-22(30)17-23(33-24(20)21)25(31)26-18-5-7-19(8-6-18)28-13-15-32-16-14-28;1-16-5-7-17(8-6-16)11-4-2-3-10-12(18)9-13(15(19)20)21-14(10)11;/h2-8,17H,9-16H2,1H3,(H,26,31);2-4,9H,5-8H2,1H3,(H,19,20);1H. The van der Waals surface area contributed by atoms with E-state index in [0.29, 0.717) is 27.6 Å². The summed E-state index contributed by atoms with van der Waals surface area (Å²) in [6, 6.07) is 20.8. The molecule has 3 saturated heterocycles. The summed E-state index contributed by atoms with van der Waals surface area (Å²) in [5, 5.41) is 12.8. The smallest absolute Gasteiger partial charge is 0.371 e. The van der Waals surface area contributed by atoms with Crippen molar-refractivity contribution in [2.45, 2.75) is 0 Å². The molecule has 5 aromatic rings. The maximum Gasteiger partial charge on any atom is 0.371 e. The average Bonchev–Trinajstić information content (AvgIpc) is 3.19. The number of ether oxygens (including phenoxy) is 1. The Balaban J connectivity index is 0.000000202. The van der Waals surface area contributed by atoms with E-state index in [1.54, 1.807) is 18.2 Å². The van der Waals surface area contributed by atoms with Crippen molar-refractivity contribution in [2.75, 3.05) is 113 Å². The number of anilines is 4. The molecule has 0 aliphatic carbocycles. The van der Waals surface area contributed by atoms with Crippen LogP contribution < -0.4 is 30.9 Å². The Labute approximate surface area is 323 Å². The number of para-hydroxylation sites is 2. The fourth-order valence-electron chi connectivity index (χ4n) is 6.90. The lowest BCUT2D eigenvalue weighted by molar-refractivity contribution is 0.0663. The minimum atomic E-state index is -1.23. The van der Waals surface area contributed by atoms with Gasteiger partial charge in [-0.25, -0.2) is 4.79 Å². The second-order valence-corrected chi connectivity index (χ2v) is 13.7. The van der Waals surface area contributed by atoms with Crippen molar-refractivity contribution < 1.29 is 28.3 Å². The third-order valence-electron chi connectivity index (χ3n) is 10.1. The van der Waals surface area contributed by atoms with Crippen LogP contribution in [-0.2, 0) is 4.74 Å².